The monoisotopic (exact) mass is 463 g/mol. The molecule has 8 heteroatoms. The summed E-state index contributed by atoms with van der Waals surface area (Å²) in [7, 11) is 0. The van der Waals surface area contributed by atoms with E-state index >= 15 is 0 Å². The van der Waals surface area contributed by atoms with Gasteiger partial charge < -0.3 is 10.6 Å². The van der Waals surface area contributed by atoms with Crippen LogP contribution < -0.4 is 10.6 Å². The third-order valence-corrected chi connectivity index (χ3v) is 3.25. The Balaban J connectivity index is 0.00000484. The summed E-state index contributed by atoms with van der Waals surface area (Å²) >= 11 is 6.06. The van der Waals surface area contributed by atoms with Crippen LogP contribution in [0.3, 0.4) is 0 Å². The molecule has 1 aromatic carbocycles. The normalized spacial score (nSPS) is 11.8. The van der Waals surface area contributed by atoms with Crippen molar-refractivity contribution in [2.75, 3.05) is 19.6 Å². The van der Waals surface area contributed by atoms with Gasteiger partial charge in [0.2, 0.25) is 0 Å². The number of guanidine groups is 1. The minimum absolute atomic E-state index is 0. The number of aryl methyl sites for hydroxylation is 1. The van der Waals surface area contributed by atoms with E-state index in [0.717, 1.165) is 23.4 Å². The van der Waals surface area contributed by atoms with Crippen LogP contribution in [0.4, 0.5) is 13.2 Å². The van der Waals surface area contributed by atoms with Gasteiger partial charge in [0.15, 0.2) is 5.96 Å². The van der Waals surface area contributed by atoms with E-state index in [4.69, 9.17) is 11.6 Å². The fraction of sp³-hybridized carbons (Fsp3) is 0.533. The van der Waals surface area contributed by atoms with Gasteiger partial charge in [-0.3, -0.25) is 4.99 Å². The molecular formula is C15H22ClF3IN3. The Labute approximate surface area is 157 Å². The molecule has 0 spiro atoms. The fourth-order valence-electron chi connectivity index (χ4n) is 1.83. The van der Waals surface area contributed by atoms with E-state index in [1.165, 1.54) is 0 Å². The first-order valence-corrected chi connectivity index (χ1v) is 7.62. The zero-order valence-corrected chi connectivity index (χ0v) is 16.0. The van der Waals surface area contributed by atoms with Crippen molar-refractivity contribution in [2.45, 2.75) is 32.4 Å². The Morgan fingerprint density at radius 3 is 2.52 bits per heavy atom. The van der Waals surface area contributed by atoms with Crippen LogP contribution in [0.15, 0.2) is 29.3 Å². The molecule has 0 aromatic heterocycles. The summed E-state index contributed by atoms with van der Waals surface area (Å²) in [5, 5.41) is 6.33. The van der Waals surface area contributed by atoms with Crippen molar-refractivity contribution in [3.05, 3.63) is 34.9 Å². The number of nitrogens with one attached hydrogen (secondary N) is 2. The molecule has 1 aromatic rings. The molecule has 0 bridgehead atoms. The largest absolute Gasteiger partial charge is 0.390 e. The summed E-state index contributed by atoms with van der Waals surface area (Å²) in [4.78, 5) is 4.26. The zero-order chi connectivity index (χ0) is 16.4. The van der Waals surface area contributed by atoms with Crippen LogP contribution in [-0.2, 0) is 6.42 Å². The number of benzene rings is 1. The lowest BCUT2D eigenvalue weighted by Gasteiger charge is -2.12. The molecule has 0 radical (unpaired) electrons. The van der Waals surface area contributed by atoms with Gasteiger partial charge in [-0.05, 0) is 31.4 Å². The lowest BCUT2D eigenvalue weighted by Crippen LogP contribution is -2.39. The Kier molecular flexibility index (Phi) is 11.4. The first-order valence-electron chi connectivity index (χ1n) is 7.24. The second-order valence-corrected chi connectivity index (χ2v) is 5.15. The minimum Gasteiger partial charge on any atom is -0.357 e. The van der Waals surface area contributed by atoms with Crippen molar-refractivity contribution in [2.24, 2.45) is 4.99 Å². The van der Waals surface area contributed by atoms with Gasteiger partial charge in [-0.25, -0.2) is 0 Å². The summed E-state index contributed by atoms with van der Waals surface area (Å²) in [5.41, 5.74) is 1.05. The number of hydrogen-bond donors (Lipinski definition) is 2. The molecule has 3 nitrogen and oxygen atoms in total. The molecular weight excluding hydrogens is 442 g/mol. The number of nitrogens with zero attached hydrogens (tertiary/aromatic N) is 1. The highest BCUT2D eigenvalue weighted by molar-refractivity contribution is 14.0. The number of aliphatic imine (C=N–C) groups is 1. The van der Waals surface area contributed by atoms with Crippen LogP contribution in [0.25, 0.3) is 0 Å². The Bertz CT molecular complexity index is 481. The van der Waals surface area contributed by atoms with Crippen LogP contribution >= 0.6 is 35.6 Å². The van der Waals surface area contributed by atoms with Crippen molar-refractivity contribution >= 4 is 41.5 Å². The van der Waals surface area contributed by atoms with E-state index < -0.39 is 12.6 Å². The van der Waals surface area contributed by atoms with Crippen molar-refractivity contribution < 1.29 is 13.2 Å². The SMILES string of the molecule is CCNC(=NCCCc1ccccc1Cl)NCCC(F)(F)F.I. The van der Waals surface area contributed by atoms with Crippen molar-refractivity contribution in [3.63, 3.8) is 0 Å². The second-order valence-electron chi connectivity index (χ2n) is 4.75. The fourth-order valence-corrected chi connectivity index (χ4v) is 2.06. The highest BCUT2D eigenvalue weighted by Crippen LogP contribution is 2.18. The summed E-state index contributed by atoms with van der Waals surface area (Å²) in [6, 6.07) is 7.59. The van der Waals surface area contributed by atoms with Crippen LogP contribution in [0.1, 0.15) is 25.3 Å². The molecule has 0 saturated carbocycles. The highest BCUT2D eigenvalue weighted by Gasteiger charge is 2.26. The van der Waals surface area contributed by atoms with Gasteiger partial charge in [0, 0.05) is 24.7 Å². The van der Waals surface area contributed by atoms with E-state index in [2.05, 4.69) is 15.6 Å². The topological polar surface area (TPSA) is 36.4 Å². The molecule has 0 aliphatic rings. The molecule has 0 fully saturated rings. The molecule has 0 atom stereocenters. The van der Waals surface area contributed by atoms with Gasteiger partial charge in [-0.2, -0.15) is 13.2 Å². The average Bonchev–Trinajstić information content (AvgIpc) is 2.44. The van der Waals surface area contributed by atoms with Gasteiger partial charge in [-0.1, -0.05) is 29.8 Å². The highest BCUT2D eigenvalue weighted by atomic mass is 127. The summed E-state index contributed by atoms with van der Waals surface area (Å²) in [5.74, 6) is 0.408. The smallest absolute Gasteiger partial charge is 0.357 e. The van der Waals surface area contributed by atoms with Crippen LogP contribution in [0.2, 0.25) is 5.02 Å². The Hall–Kier alpha value is -0.700. The van der Waals surface area contributed by atoms with E-state index in [-0.39, 0.29) is 30.5 Å². The summed E-state index contributed by atoms with van der Waals surface area (Å²) in [6.45, 7) is 2.81. The first kappa shape index (κ1) is 22.3. The van der Waals surface area contributed by atoms with Gasteiger partial charge in [-0.15, -0.1) is 24.0 Å². The maximum absolute atomic E-state index is 12.1. The minimum atomic E-state index is -4.16. The van der Waals surface area contributed by atoms with E-state index in [0.29, 0.717) is 19.0 Å². The number of alkyl halides is 3. The van der Waals surface area contributed by atoms with E-state index in [1.54, 1.807) is 0 Å². The van der Waals surface area contributed by atoms with Crippen LogP contribution in [0.5, 0.6) is 0 Å². The maximum atomic E-state index is 12.1. The molecule has 0 aliphatic carbocycles. The average molecular weight is 464 g/mol. The standard InChI is InChI=1S/C15H21ClF3N3.HI/c1-2-20-14(22-11-9-15(17,18)19)21-10-5-7-12-6-3-4-8-13(12)16;/h3-4,6,8H,2,5,7,9-11H2,1H3,(H2,20,21,22);1H. The van der Waals surface area contributed by atoms with Gasteiger partial charge in [0.25, 0.3) is 0 Å². The molecule has 1 rings (SSSR count). The van der Waals surface area contributed by atoms with E-state index in [1.807, 2.05) is 31.2 Å². The number of halogens is 5. The Morgan fingerprint density at radius 1 is 1.22 bits per heavy atom. The van der Waals surface area contributed by atoms with Crippen LogP contribution in [-0.4, -0.2) is 31.8 Å². The lowest BCUT2D eigenvalue weighted by molar-refractivity contribution is -0.132. The van der Waals surface area contributed by atoms with Crippen molar-refractivity contribution in [1.29, 1.82) is 0 Å². The molecule has 0 unspecified atom stereocenters. The summed E-state index contributed by atoms with van der Waals surface area (Å²) in [6.07, 6.45) is -3.48. The predicted molar refractivity (Wildman–Crippen MR) is 99.8 cm³/mol. The number of rotatable bonds is 7. The van der Waals surface area contributed by atoms with Gasteiger partial charge >= 0.3 is 6.18 Å². The third kappa shape index (κ3) is 10.6. The molecule has 23 heavy (non-hydrogen) atoms. The van der Waals surface area contributed by atoms with Crippen molar-refractivity contribution in [3.8, 4) is 0 Å². The first-order chi connectivity index (χ1) is 10.4. The molecule has 132 valence electrons. The van der Waals surface area contributed by atoms with Crippen molar-refractivity contribution in [1.82, 2.24) is 10.6 Å². The molecule has 0 amide bonds. The third-order valence-electron chi connectivity index (χ3n) is 2.88. The predicted octanol–water partition coefficient (Wildman–Crippen LogP) is 4.40. The van der Waals surface area contributed by atoms with Gasteiger partial charge in [0.05, 0.1) is 6.42 Å². The number of hydrogen-bond acceptors (Lipinski definition) is 1. The molecule has 0 aliphatic heterocycles. The second kappa shape index (κ2) is 11.8. The quantitative estimate of drug-likeness (QED) is 0.272. The Morgan fingerprint density at radius 2 is 1.91 bits per heavy atom. The van der Waals surface area contributed by atoms with E-state index in [9.17, 15) is 13.2 Å². The van der Waals surface area contributed by atoms with Crippen LogP contribution in [0, 0.1) is 0 Å². The molecule has 2 N–H and O–H groups in total. The maximum Gasteiger partial charge on any atom is 0.390 e. The summed E-state index contributed by atoms with van der Waals surface area (Å²) < 4.78 is 36.3. The zero-order valence-electron chi connectivity index (χ0n) is 12.9. The molecule has 0 heterocycles. The van der Waals surface area contributed by atoms with Gasteiger partial charge in [0.1, 0.15) is 0 Å². The lowest BCUT2D eigenvalue weighted by atomic mass is 10.1. The molecule has 0 saturated heterocycles.